The summed E-state index contributed by atoms with van der Waals surface area (Å²) in [5, 5.41) is 4.61. The highest BCUT2D eigenvalue weighted by Crippen LogP contribution is 2.33. The maximum atomic E-state index is 13.8. The Balaban J connectivity index is 0.000000195. The van der Waals surface area contributed by atoms with Crippen molar-refractivity contribution in [1.82, 2.24) is 9.97 Å². The SMILES string of the molecule is CCC(=O)c1ccc(N)cc1.CCC(=O)c1ccc(NC(=O)c2c(F)cccc2F)cc1.Cc1sc(-c2ccccn2)nc1-c1ccc(NC(=O)c2c(F)cccc2F)cc1.O=C(Cl)c1c(F)cccc1F. The minimum atomic E-state index is -1.12. The zero-order valence-corrected chi connectivity index (χ0v) is 40.0. The van der Waals surface area contributed by atoms with Crippen molar-refractivity contribution in [3.63, 3.8) is 0 Å². The number of nitrogens with one attached hydrogen (secondary N) is 2. The highest BCUT2D eigenvalue weighted by atomic mass is 35.5. The lowest BCUT2D eigenvalue weighted by atomic mass is 10.1. The van der Waals surface area contributed by atoms with E-state index in [0.29, 0.717) is 35.5 Å². The van der Waals surface area contributed by atoms with Crippen molar-refractivity contribution < 1.29 is 50.3 Å². The second-order valence-electron chi connectivity index (χ2n) is 14.9. The number of carbonyl (C=O) groups excluding carboxylic acids is 5. The second-order valence-corrected chi connectivity index (χ2v) is 16.5. The monoisotopic (exact) mass is 1020 g/mol. The third kappa shape index (κ3) is 14.9. The van der Waals surface area contributed by atoms with E-state index in [9.17, 15) is 50.3 Å². The van der Waals surface area contributed by atoms with Gasteiger partial charge in [0.2, 0.25) is 0 Å². The third-order valence-corrected chi connectivity index (χ3v) is 11.2. The zero-order chi connectivity index (χ0) is 52.5. The number of halogens is 7. The van der Waals surface area contributed by atoms with Gasteiger partial charge in [-0.05, 0) is 128 Å². The van der Waals surface area contributed by atoms with Crippen LogP contribution in [0.2, 0.25) is 0 Å². The molecule has 2 heterocycles. The number of benzene rings is 6. The number of hydrogen-bond acceptors (Lipinski definition) is 9. The number of hydrogen-bond donors (Lipinski definition) is 3. The molecule has 72 heavy (non-hydrogen) atoms. The normalized spacial score (nSPS) is 10.2. The molecule has 0 bridgehead atoms. The Bertz CT molecular complexity index is 3140. The molecule has 8 aromatic rings. The molecule has 0 aliphatic rings. The van der Waals surface area contributed by atoms with Gasteiger partial charge in [-0.15, -0.1) is 11.3 Å². The van der Waals surface area contributed by atoms with E-state index in [1.807, 2.05) is 32.0 Å². The molecule has 10 nitrogen and oxygen atoms in total. The Morgan fingerprint density at radius 3 is 1.32 bits per heavy atom. The van der Waals surface area contributed by atoms with Crippen LogP contribution in [0.25, 0.3) is 22.0 Å². The van der Waals surface area contributed by atoms with Gasteiger partial charge < -0.3 is 16.4 Å². The van der Waals surface area contributed by atoms with Crippen molar-refractivity contribution in [1.29, 1.82) is 0 Å². The summed E-state index contributed by atoms with van der Waals surface area (Å²) in [6.07, 6.45) is 2.65. The van der Waals surface area contributed by atoms with Gasteiger partial charge in [0.05, 0.1) is 11.4 Å². The molecule has 0 aliphatic carbocycles. The van der Waals surface area contributed by atoms with Crippen molar-refractivity contribution in [3.05, 3.63) is 219 Å². The van der Waals surface area contributed by atoms with Gasteiger partial charge in [0.15, 0.2) is 11.6 Å². The molecule has 0 saturated heterocycles. The van der Waals surface area contributed by atoms with Gasteiger partial charge in [-0.2, -0.15) is 0 Å². The van der Waals surface area contributed by atoms with Gasteiger partial charge in [-0.1, -0.05) is 50.2 Å². The van der Waals surface area contributed by atoms with E-state index in [0.717, 1.165) is 74.9 Å². The number of pyridine rings is 1. The number of Topliss-reactive ketones (excluding diaryl/α,β-unsaturated/α-hetero) is 2. The lowest BCUT2D eigenvalue weighted by Crippen LogP contribution is -2.15. The number of rotatable bonds is 11. The number of nitrogens with zero attached hydrogens (tertiary/aromatic N) is 2. The summed E-state index contributed by atoms with van der Waals surface area (Å²) in [6.45, 7) is 5.58. The van der Waals surface area contributed by atoms with E-state index in [-0.39, 0.29) is 11.6 Å². The Labute approximate surface area is 418 Å². The van der Waals surface area contributed by atoms with Crippen LogP contribution < -0.4 is 16.4 Å². The quantitative estimate of drug-likeness (QED) is 0.0499. The fraction of sp³-hybridized carbons (Fsp3) is 0.0926. The average Bonchev–Trinajstić information content (AvgIpc) is 3.76. The minimum Gasteiger partial charge on any atom is -0.399 e. The number of ketones is 2. The topological polar surface area (TPSA) is 161 Å². The highest BCUT2D eigenvalue weighted by Gasteiger charge is 2.19. The average molecular weight is 1020 g/mol. The van der Waals surface area contributed by atoms with Gasteiger partial charge in [0.25, 0.3) is 17.1 Å². The molecule has 0 saturated carbocycles. The Morgan fingerprint density at radius 2 is 0.944 bits per heavy atom. The van der Waals surface area contributed by atoms with Crippen LogP contribution in [0.15, 0.2) is 152 Å². The fourth-order valence-corrected chi connectivity index (χ4v) is 7.39. The van der Waals surface area contributed by atoms with Crippen LogP contribution in [-0.2, 0) is 0 Å². The number of nitrogens with two attached hydrogens (primary N) is 1. The first-order chi connectivity index (χ1) is 34.4. The van der Waals surface area contributed by atoms with Crippen molar-refractivity contribution in [2.24, 2.45) is 0 Å². The number of amides is 2. The van der Waals surface area contributed by atoms with E-state index >= 15 is 0 Å². The predicted octanol–water partition coefficient (Wildman–Crippen LogP) is 13.7. The van der Waals surface area contributed by atoms with Crippen LogP contribution >= 0.6 is 22.9 Å². The molecule has 2 amide bonds. The van der Waals surface area contributed by atoms with E-state index in [4.69, 9.17) is 17.3 Å². The molecule has 368 valence electrons. The smallest absolute Gasteiger partial charge is 0.261 e. The molecule has 0 unspecified atom stereocenters. The number of aryl methyl sites for hydroxylation is 1. The Hall–Kier alpha value is -8.28. The number of anilines is 3. The first-order valence-electron chi connectivity index (χ1n) is 21.6. The van der Waals surface area contributed by atoms with Crippen molar-refractivity contribution in [2.45, 2.75) is 33.6 Å². The number of aromatic nitrogens is 2. The van der Waals surface area contributed by atoms with Crippen molar-refractivity contribution in [2.75, 3.05) is 16.4 Å². The molecule has 0 atom stereocenters. The predicted molar refractivity (Wildman–Crippen MR) is 267 cm³/mol. The largest absolute Gasteiger partial charge is 0.399 e. The summed E-state index contributed by atoms with van der Waals surface area (Å²) in [5.74, 6) is -7.11. The Morgan fingerprint density at radius 1 is 0.542 bits per heavy atom. The molecule has 0 spiro atoms. The third-order valence-electron chi connectivity index (χ3n) is 9.98. The van der Waals surface area contributed by atoms with Gasteiger partial charge in [0, 0.05) is 57.7 Å². The van der Waals surface area contributed by atoms with Crippen LogP contribution in [0.1, 0.15) is 83.4 Å². The van der Waals surface area contributed by atoms with Crippen LogP contribution in [0, 0.1) is 41.8 Å². The first kappa shape index (κ1) is 54.7. The van der Waals surface area contributed by atoms with Crippen molar-refractivity contribution in [3.8, 4) is 22.0 Å². The molecule has 0 radical (unpaired) electrons. The number of nitrogen functional groups attached to an aromatic ring is 1. The maximum absolute atomic E-state index is 13.8. The minimum absolute atomic E-state index is 0.0203. The molecular weight excluding hydrogens is 980 g/mol. The molecule has 4 N–H and O–H groups in total. The van der Waals surface area contributed by atoms with Crippen LogP contribution in [0.4, 0.5) is 43.4 Å². The summed E-state index contributed by atoms with van der Waals surface area (Å²) in [4.78, 5) is 67.1. The van der Waals surface area contributed by atoms with Gasteiger partial charge >= 0.3 is 0 Å². The number of carbonyl (C=O) groups is 5. The van der Waals surface area contributed by atoms with E-state index in [2.05, 4.69) is 20.6 Å². The van der Waals surface area contributed by atoms with Gasteiger partial charge in [-0.25, -0.2) is 31.3 Å². The summed E-state index contributed by atoms with van der Waals surface area (Å²) >= 11 is 6.45. The highest BCUT2D eigenvalue weighted by molar-refractivity contribution is 7.15. The van der Waals surface area contributed by atoms with Crippen molar-refractivity contribution >= 4 is 68.6 Å². The molecule has 18 heteroatoms. The first-order valence-corrected chi connectivity index (χ1v) is 22.8. The van der Waals surface area contributed by atoms with E-state index in [1.165, 1.54) is 24.3 Å². The summed E-state index contributed by atoms with van der Waals surface area (Å²) in [5.41, 5.74) is 8.76. The standard InChI is InChI=1S/C22H15F2N3OS.C16H13F2NO2.C9H11NO.C7H3ClF2O/c1-13-20(27-22(29-13)18-7-2-3-12-25-18)14-8-10-15(11-9-14)26-21(28)19-16(23)5-4-6-17(19)24;1-2-14(20)10-6-8-11(9-7-10)19-16(21)15-12(17)4-3-5-13(15)18;1-2-9(11)7-3-5-8(10)6-4-7;8-7(11)6-4(9)2-1-3-5(6)10/h2-12H,1H3,(H,26,28);3-9H,2H2,1H3,(H,19,21);3-6H,2,10H2,1H3;1-3H. The summed E-state index contributed by atoms with van der Waals surface area (Å²) in [6, 6.07) is 35.4. The molecule has 0 aliphatic heterocycles. The Kier molecular flexibility index (Phi) is 19.8. The lowest BCUT2D eigenvalue weighted by Gasteiger charge is -2.08. The zero-order valence-electron chi connectivity index (χ0n) is 38.4. The molecule has 8 rings (SSSR count). The van der Waals surface area contributed by atoms with Gasteiger partial charge in [-0.3, -0.25) is 29.0 Å². The van der Waals surface area contributed by atoms with Crippen LogP contribution in [0.3, 0.4) is 0 Å². The van der Waals surface area contributed by atoms with E-state index in [1.54, 1.807) is 85.1 Å². The molecular formula is C54H42ClF6N5O5S. The summed E-state index contributed by atoms with van der Waals surface area (Å²) < 4.78 is 79.6. The lowest BCUT2D eigenvalue weighted by molar-refractivity contribution is 0.0980. The molecule has 2 aromatic heterocycles. The van der Waals surface area contributed by atoms with Crippen LogP contribution in [0.5, 0.6) is 0 Å². The number of thiazole rings is 1. The summed E-state index contributed by atoms with van der Waals surface area (Å²) in [7, 11) is 0. The molecule has 0 fully saturated rings. The van der Waals surface area contributed by atoms with E-state index < -0.39 is 68.7 Å². The van der Waals surface area contributed by atoms with Crippen LogP contribution in [-0.4, -0.2) is 38.6 Å². The second kappa shape index (κ2) is 26.1. The van der Waals surface area contributed by atoms with Gasteiger partial charge in [0.1, 0.15) is 56.6 Å². The molecule has 6 aromatic carbocycles. The maximum Gasteiger partial charge on any atom is 0.261 e. The fourth-order valence-electron chi connectivity index (χ4n) is 6.29.